The molecule has 7 nitrogen and oxygen atoms in total. The zero-order valence-electron chi connectivity index (χ0n) is 14.4. The number of hydrogen-bond donors (Lipinski definition) is 1. The van der Waals surface area contributed by atoms with Gasteiger partial charge in [0.1, 0.15) is 17.2 Å². The van der Waals surface area contributed by atoms with Crippen molar-refractivity contribution in [1.29, 1.82) is 0 Å². The molecule has 0 atom stereocenters. The van der Waals surface area contributed by atoms with Crippen molar-refractivity contribution in [3.05, 3.63) is 77.9 Å². The summed E-state index contributed by atoms with van der Waals surface area (Å²) < 4.78 is 16.5. The molecule has 0 aliphatic heterocycles. The first kappa shape index (κ1) is 16.6. The van der Waals surface area contributed by atoms with Gasteiger partial charge < -0.3 is 5.21 Å². The SMILES string of the molecule is Cc1c(-c2nn(-c3ccccc3)cc2/C=N\O)nnn1-c1ccc(F)cc1. The minimum Gasteiger partial charge on any atom is -0.411 e. The molecule has 0 saturated carbocycles. The topological polar surface area (TPSA) is 81.1 Å². The fourth-order valence-electron chi connectivity index (χ4n) is 2.82. The summed E-state index contributed by atoms with van der Waals surface area (Å²) in [6.07, 6.45) is 3.05. The molecule has 4 rings (SSSR count). The van der Waals surface area contributed by atoms with Gasteiger partial charge in [0.25, 0.3) is 0 Å². The van der Waals surface area contributed by atoms with Gasteiger partial charge in [-0.25, -0.2) is 13.8 Å². The van der Waals surface area contributed by atoms with Crippen molar-refractivity contribution < 1.29 is 9.60 Å². The fourth-order valence-corrected chi connectivity index (χ4v) is 2.82. The van der Waals surface area contributed by atoms with Crippen LogP contribution in [0, 0.1) is 12.7 Å². The lowest BCUT2D eigenvalue weighted by Crippen LogP contribution is -1.99. The number of oxime groups is 1. The van der Waals surface area contributed by atoms with E-state index in [2.05, 4.69) is 20.6 Å². The number of para-hydroxylation sites is 1. The van der Waals surface area contributed by atoms with E-state index in [-0.39, 0.29) is 5.82 Å². The molecule has 0 spiro atoms. The Hall–Kier alpha value is -3.81. The second kappa shape index (κ2) is 6.83. The van der Waals surface area contributed by atoms with Crippen LogP contribution in [0.5, 0.6) is 0 Å². The molecule has 0 bridgehead atoms. The number of hydrogen-bond acceptors (Lipinski definition) is 5. The highest BCUT2D eigenvalue weighted by Crippen LogP contribution is 2.25. The molecule has 0 saturated heterocycles. The van der Waals surface area contributed by atoms with E-state index in [4.69, 9.17) is 5.21 Å². The molecule has 8 heteroatoms. The molecule has 0 unspecified atom stereocenters. The number of halogens is 1. The molecule has 0 radical (unpaired) electrons. The second-order valence-electron chi connectivity index (χ2n) is 5.87. The van der Waals surface area contributed by atoms with Crippen LogP contribution in [0.4, 0.5) is 4.39 Å². The van der Waals surface area contributed by atoms with Gasteiger partial charge in [-0.1, -0.05) is 28.6 Å². The van der Waals surface area contributed by atoms with E-state index < -0.39 is 0 Å². The minimum atomic E-state index is -0.320. The van der Waals surface area contributed by atoms with E-state index in [9.17, 15) is 4.39 Å². The van der Waals surface area contributed by atoms with Gasteiger partial charge in [0, 0.05) is 11.8 Å². The van der Waals surface area contributed by atoms with Crippen molar-refractivity contribution in [2.75, 3.05) is 0 Å². The fraction of sp³-hybridized carbons (Fsp3) is 0.0526. The third-order valence-electron chi connectivity index (χ3n) is 4.15. The van der Waals surface area contributed by atoms with Crippen LogP contribution in [0.15, 0.2) is 65.9 Å². The van der Waals surface area contributed by atoms with Crippen molar-refractivity contribution in [3.8, 4) is 22.8 Å². The first-order valence-electron chi connectivity index (χ1n) is 8.18. The van der Waals surface area contributed by atoms with Crippen LogP contribution in [0.2, 0.25) is 0 Å². The van der Waals surface area contributed by atoms with Gasteiger partial charge in [-0.2, -0.15) is 5.10 Å². The van der Waals surface area contributed by atoms with Crippen LogP contribution in [0.1, 0.15) is 11.3 Å². The Bertz CT molecular complexity index is 1100. The van der Waals surface area contributed by atoms with Crippen molar-refractivity contribution in [1.82, 2.24) is 24.8 Å². The normalized spacial score (nSPS) is 11.3. The van der Waals surface area contributed by atoms with Gasteiger partial charge in [0.15, 0.2) is 0 Å². The Kier molecular flexibility index (Phi) is 4.21. The van der Waals surface area contributed by atoms with Crippen molar-refractivity contribution in [2.45, 2.75) is 6.92 Å². The molecule has 4 aromatic rings. The molecule has 2 aromatic heterocycles. The van der Waals surface area contributed by atoms with Gasteiger partial charge in [-0.05, 0) is 43.3 Å². The average Bonchev–Trinajstić information content (AvgIpc) is 3.27. The third-order valence-corrected chi connectivity index (χ3v) is 4.15. The largest absolute Gasteiger partial charge is 0.411 e. The van der Waals surface area contributed by atoms with Gasteiger partial charge in [0.2, 0.25) is 0 Å². The highest BCUT2D eigenvalue weighted by molar-refractivity contribution is 5.88. The summed E-state index contributed by atoms with van der Waals surface area (Å²) in [5.74, 6) is -0.320. The van der Waals surface area contributed by atoms with Gasteiger partial charge >= 0.3 is 0 Å². The highest BCUT2D eigenvalue weighted by Gasteiger charge is 2.19. The van der Waals surface area contributed by atoms with Gasteiger partial charge in [-0.3, -0.25) is 0 Å². The van der Waals surface area contributed by atoms with E-state index in [1.807, 2.05) is 37.3 Å². The first-order valence-corrected chi connectivity index (χ1v) is 8.18. The average molecular weight is 362 g/mol. The molecule has 0 fully saturated rings. The van der Waals surface area contributed by atoms with E-state index in [0.717, 1.165) is 11.4 Å². The predicted molar refractivity (Wildman–Crippen MR) is 98.0 cm³/mol. The van der Waals surface area contributed by atoms with Crippen LogP contribution < -0.4 is 0 Å². The molecule has 0 amide bonds. The highest BCUT2D eigenvalue weighted by atomic mass is 19.1. The lowest BCUT2D eigenvalue weighted by Gasteiger charge is -2.03. The van der Waals surface area contributed by atoms with E-state index in [0.29, 0.717) is 22.6 Å². The second-order valence-corrected chi connectivity index (χ2v) is 5.87. The maximum absolute atomic E-state index is 13.2. The molecular formula is C19H15FN6O. The molecule has 2 aromatic carbocycles. The number of benzene rings is 2. The monoisotopic (exact) mass is 362 g/mol. The number of nitrogens with zero attached hydrogens (tertiary/aromatic N) is 6. The third kappa shape index (κ3) is 3.08. The summed E-state index contributed by atoms with van der Waals surface area (Å²) in [6, 6.07) is 15.5. The Labute approximate surface area is 154 Å². The number of aromatic nitrogens is 5. The Morgan fingerprint density at radius 2 is 1.74 bits per heavy atom. The summed E-state index contributed by atoms with van der Waals surface area (Å²) in [7, 11) is 0. The smallest absolute Gasteiger partial charge is 0.137 e. The summed E-state index contributed by atoms with van der Waals surface area (Å²) >= 11 is 0. The van der Waals surface area contributed by atoms with Crippen molar-refractivity contribution in [2.24, 2.45) is 5.16 Å². The maximum atomic E-state index is 13.2. The minimum absolute atomic E-state index is 0.320. The number of rotatable bonds is 4. The molecule has 1 N–H and O–H groups in total. The summed E-state index contributed by atoms with van der Waals surface area (Å²) in [4.78, 5) is 0. The Morgan fingerprint density at radius 3 is 2.44 bits per heavy atom. The first-order chi connectivity index (χ1) is 13.2. The van der Waals surface area contributed by atoms with Crippen LogP contribution in [0.3, 0.4) is 0 Å². The maximum Gasteiger partial charge on any atom is 0.137 e. The summed E-state index contributed by atoms with van der Waals surface area (Å²) in [5, 5.41) is 25.1. The van der Waals surface area contributed by atoms with E-state index >= 15 is 0 Å². The quantitative estimate of drug-likeness (QED) is 0.343. The zero-order chi connectivity index (χ0) is 18.8. The van der Waals surface area contributed by atoms with Crippen LogP contribution in [-0.2, 0) is 0 Å². The lowest BCUT2D eigenvalue weighted by molar-refractivity contribution is 0.322. The molecule has 0 aliphatic rings. The Morgan fingerprint density at radius 1 is 1.00 bits per heavy atom. The molecule has 27 heavy (non-hydrogen) atoms. The Balaban J connectivity index is 1.81. The zero-order valence-corrected chi connectivity index (χ0v) is 14.4. The molecular weight excluding hydrogens is 347 g/mol. The standard InChI is InChI=1S/C19H15FN6O/c1-13-18(22-24-26(13)17-9-7-15(20)8-10-17)19-14(11-21-27)12-25(23-19)16-5-3-2-4-6-16/h2-12,27H,1H3/b21-11-. The lowest BCUT2D eigenvalue weighted by atomic mass is 10.2. The van der Waals surface area contributed by atoms with E-state index in [1.54, 1.807) is 27.7 Å². The summed E-state index contributed by atoms with van der Waals surface area (Å²) in [6.45, 7) is 1.85. The predicted octanol–water partition coefficient (Wildman–Crippen LogP) is 3.38. The van der Waals surface area contributed by atoms with Gasteiger partial charge in [-0.15, -0.1) is 5.10 Å². The van der Waals surface area contributed by atoms with Crippen molar-refractivity contribution in [3.63, 3.8) is 0 Å². The van der Waals surface area contributed by atoms with E-state index in [1.165, 1.54) is 18.3 Å². The van der Waals surface area contributed by atoms with Crippen molar-refractivity contribution >= 4 is 6.21 Å². The summed E-state index contributed by atoms with van der Waals surface area (Å²) in [5.41, 5.74) is 3.95. The van der Waals surface area contributed by atoms with Crippen LogP contribution in [-0.4, -0.2) is 36.2 Å². The molecule has 2 heterocycles. The molecule has 0 aliphatic carbocycles. The molecule has 134 valence electrons. The van der Waals surface area contributed by atoms with Crippen LogP contribution >= 0.6 is 0 Å². The van der Waals surface area contributed by atoms with Crippen LogP contribution in [0.25, 0.3) is 22.8 Å². The van der Waals surface area contributed by atoms with Gasteiger partial charge in [0.05, 0.1) is 23.3 Å².